The largest absolute Gasteiger partial charge is 0.350 e. The zero-order chi connectivity index (χ0) is 28.8. The summed E-state index contributed by atoms with van der Waals surface area (Å²) in [6.45, 7) is 7.25. The van der Waals surface area contributed by atoms with E-state index in [9.17, 15) is 18.0 Å². The van der Waals surface area contributed by atoms with Crippen LogP contribution in [0.25, 0.3) is 0 Å². The molecule has 1 N–H and O–H groups in total. The molecule has 0 saturated heterocycles. The van der Waals surface area contributed by atoms with Crippen LogP contribution in [0.4, 0.5) is 5.69 Å². The Morgan fingerprint density at radius 3 is 2.03 bits per heavy atom. The number of nitrogens with one attached hydrogen (secondary N) is 1. The van der Waals surface area contributed by atoms with Crippen LogP contribution in [0.3, 0.4) is 0 Å². The van der Waals surface area contributed by atoms with Crippen molar-refractivity contribution < 1.29 is 18.0 Å². The fourth-order valence-electron chi connectivity index (χ4n) is 4.12. The highest BCUT2D eigenvalue weighted by Crippen LogP contribution is 2.22. The van der Waals surface area contributed by atoms with Crippen molar-refractivity contribution in [1.82, 2.24) is 10.2 Å². The first-order valence-corrected chi connectivity index (χ1v) is 15.3. The number of sulfonamides is 1. The molecule has 3 aromatic carbocycles. The number of halogens is 1. The molecule has 0 spiro atoms. The van der Waals surface area contributed by atoms with E-state index in [4.69, 9.17) is 0 Å². The topological polar surface area (TPSA) is 86.8 Å². The van der Waals surface area contributed by atoms with Gasteiger partial charge in [-0.2, -0.15) is 0 Å². The number of rotatable bonds is 10. The summed E-state index contributed by atoms with van der Waals surface area (Å²) in [5.41, 5.74) is 2.53. The maximum Gasteiger partial charge on any atom is 0.244 e. The van der Waals surface area contributed by atoms with Crippen LogP contribution < -0.4 is 9.62 Å². The SMILES string of the molecule is Cc1ccc(N(CC(=O)N(Cc2ccc(Br)cc2)[C@H](Cc2ccccc2)C(=O)NC(C)(C)C)S(C)(=O)=O)cc1. The van der Waals surface area contributed by atoms with Gasteiger partial charge in [0.15, 0.2) is 0 Å². The Morgan fingerprint density at radius 1 is 0.897 bits per heavy atom. The summed E-state index contributed by atoms with van der Waals surface area (Å²) in [7, 11) is -3.79. The summed E-state index contributed by atoms with van der Waals surface area (Å²) < 4.78 is 27.6. The molecule has 3 rings (SSSR count). The molecule has 0 aliphatic heterocycles. The maximum absolute atomic E-state index is 14.0. The minimum atomic E-state index is -3.79. The Balaban J connectivity index is 2.06. The Labute approximate surface area is 240 Å². The first-order chi connectivity index (χ1) is 18.2. The third kappa shape index (κ3) is 9.21. The lowest BCUT2D eigenvalue weighted by Gasteiger charge is -2.35. The average molecular weight is 615 g/mol. The van der Waals surface area contributed by atoms with Gasteiger partial charge < -0.3 is 10.2 Å². The van der Waals surface area contributed by atoms with Gasteiger partial charge in [-0.25, -0.2) is 8.42 Å². The van der Waals surface area contributed by atoms with E-state index in [0.29, 0.717) is 5.69 Å². The lowest BCUT2D eigenvalue weighted by Crippen LogP contribution is -2.56. The second-order valence-corrected chi connectivity index (χ2v) is 13.5. The van der Waals surface area contributed by atoms with Crippen LogP contribution in [0.5, 0.6) is 0 Å². The van der Waals surface area contributed by atoms with Gasteiger partial charge in [-0.3, -0.25) is 13.9 Å². The molecule has 39 heavy (non-hydrogen) atoms. The molecule has 0 unspecified atom stereocenters. The van der Waals surface area contributed by atoms with Crippen LogP contribution in [0, 0.1) is 6.92 Å². The lowest BCUT2D eigenvalue weighted by atomic mass is 10.0. The van der Waals surface area contributed by atoms with Crippen molar-refractivity contribution in [3.63, 3.8) is 0 Å². The van der Waals surface area contributed by atoms with Gasteiger partial charge in [0.2, 0.25) is 21.8 Å². The monoisotopic (exact) mass is 613 g/mol. The van der Waals surface area contributed by atoms with E-state index in [2.05, 4.69) is 21.2 Å². The Bertz CT molecular complexity index is 1370. The number of anilines is 1. The number of carbonyl (C=O) groups is 2. The summed E-state index contributed by atoms with van der Waals surface area (Å²) in [5, 5.41) is 3.02. The average Bonchev–Trinajstić information content (AvgIpc) is 2.85. The summed E-state index contributed by atoms with van der Waals surface area (Å²) >= 11 is 3.44. The molecule has 1 atom stereocenters. The number of aryl methyl sites for hydroxylation is 1. The smallest absolute Gasteiger partial charge is 0.244 e. The molecular weight excluding hydrogens is 578 g/mol. The number of benzene rings is 3. The van der Waals surface area contributed by atoms with Crippen molar-refractivity contribution in [2.24, 2.45) is 0 Å². The number of nitrogens with zero attached hydrogens (tertiary/aromatic N) is 2. The number of carbonyl (C=O) groups excluding carboxylic acids is 2. The molecule has 0 aromatic heterocycles. The zero-order valence-electron chi connectivity index (χ0n) is 23.0. The maximum atomic E-state index is 14.0. The lowest BCUT2D eigenvalue weighted by molar-refractivity contribution is -0.140. The molecule has 0 bridgehead atoms. The normalized spacial score (nSPS) is 12.5. The van der Waals surface area contributed by atoms with Gasteiger partial charge in [-0.05, 0) is 63.1 Å². The van der Waals surface area contributed by atoms with Gasteiger partial charge in [-0.15, -0.1) is 0 Å². The van der Waals surface area contributed by atoms with E-state index < -0.39 is 34.1 Å². The van der Waals surface area contributed by atoms with Crippen molar-refractivity contribution in [2.75, 3.05) is 17.1 Å². The van der Waals surface area contributed by atoms with Gasteiger partial charge >= 0.3 is 0 Å². The number of amides is 2. The fraction of sp³-hybridized carbons (Fsp3) is 0.333. The van der Waals surface area contributed by atoms with Gasteiger partial charge in [0.25, 0.3) is 0 Å². The molecular formula is C30H36BrN3O4S. The molecule has 0 fully saturated rings. The predicted octanol–water partition coefficient (Wildman–Crippen LogP) is 5.08. The third-order valence-corrected chi connectivity index (χ3v) is 7.71. The van der Waals surface area contributed by atoms with Gasteiger partial charge in [-0.1, -0.05) is 76.1 Å². The van der Waals surface area contributed by atoms with E-state index in [0.717, 1.165) is 31.7 Å². The van der Waals surface area contributed by atoms with E-state index in [1.807, 2.05) is 82.3 Å². The van der Waals surface area contributed by atoms with Crippen LogP contribution in [0.1, 0.15) is 37.5 Å². The fourth-order valence-corrected chi connectivity index (χ4v) is 5.23. The van der Waals surface area contributed by atoms with Crippen LogP contribution in [0.2, 0.25) is 0 Å². The molecule has 7 nitrogen and oxygen atoms in total. The molecule has 0 aliphatic rings. The molecule has 0 aliphatic carbocycles. The van der Waals surface area contributed by atoms with Crippen molar-refractivity contribution in [2.45, 2.75) is 52.2 Å². The minimum Gasteiger partial charge on any atom is -0.350 e. The van der Waals surface area contributed by atoms with Crippen molar-refractivity contribution in [3.8, 4) is 0 Å². The van der Waals surface area contributed by atoms with Crippen molar-refractivity contribution in [3.05, 3.63) is 100 Å². The standard InChI is InChI=1S/C30H36BrN3O4S/c1-22-11-17-26(18-12-22)34(39(5,37)38)21-28(35)33(20-24-13-15-25(31)16-14-24)27(29(36)32-30(2,3)4)19-23-9-7-6-8-10-23/h6-18,27H,19-21H2,1-5H3,(H,32,36)/t27-/m1/s1. The molecule has 208 valence electrons. The molecule has 9 heteroatoms. The van der Waals surface area contributed by atoms with Crippen LogP contribution in [-0.2, 0) is 32.6 Å². The van der Waals surface area contributed by atoms with Gasteiger partial charge in [0, 0.05) is 23.0 Å². The highest BCUT2D eigenvalue weighted by molar-refractivity contribution is 9.10. The Kier molecular flexibility index (Phi) is 9.96. The first kappa shape index (κ1) is 30.4. The van der Waals surface area contributed by atoms with Crippen LogP contribution in [-0.4, -0.2) is 49.5 Å². The van der Waals surface area contributed by atoms with E-state index in [-0.39, 0.29) is 18.9 Å². The quantitative estimate of drug-likeness (QED) is 0.345. The second-order valence-electron chi connectivity index (χ2n) is 10.7. The molecule has 0 radical (unpaired) electrons. The van der Waals surface area contributed by atoms with Crippen molar-refractivity contribution in [1.29, 1.82) is 0 Å². The van der Waals surface area contributed by atoms with Gasteiger partial charge in [0.1, 0.15) is 12.6 Å². The van der Waals surface area contributed by atoms with Crippen molar-refractivity contribution >= 4 is 43.5 Å². The number of hydrogen-bond donors (Lipinski definition) is 1. The van der Waals surface area contributed by atoms with E-state index in [1.54, 1.807) is 24.3 Å². The molecule has 0 heterocycles. The summed E-state index contributed by atoms with van der Waals surface area (Å²) in [5.74, 6) is -0.785. The summed E-state index contributed by atoms with van der Waals surface area (Å²) in [6.07, 6.45) is 1.35. The highest BCUT2D eigenvalue weighted by Gasteiger charge is 2.34. The van der Waals surface area contributed by atoms with Crippen LogP contribution in [0.15, 0.2) is 83.3 Å². The Hall–Kier alpha value is -3.17. The summed E-state index contributed by atoms with van der Waals surface area (Å²) in [6, 6.07) is 23.1. The molecule has 3 aromatic rings. The van der Waals surface area contributed by atoms with Gasteiger partial charge in [0.05, 0.1) is 11.9 Å². The highest BCUT2D eigenvalue weighted by atomic mass is 79.9. The van der Waals surface area contributed by atoms with E-state index in [1.165, 1.54) is 4.90 Å². The first-order valence-electron chi connectivity index (χ1n) is 12.7. The third-order valence-electron chi connectivity index (χ3n) is 6.04. The Morgan fingerprint density at radius 2 is 1.49 bits per heavy atom. The molecule has 2 amide bonds. The molecule has 0 saturated carbocycles. The van der Waals surface area contributed by atoms with Crippen LogP contribution >= 0.6 is 15.9 Å². The zero-order valence-corrected chi connectivity index (χ0v) is 25.4. The van der Waals surface area contributed by atoms with E-state index >= 15 is 0 Å². The number of hydrogen-bond acceptors (Lipinski definition) is 4. The predicted molar refractivity (Wildman–Crippen MR) is 160 cm³/mol. The second kappa shape index (κ2) is 12.8. The summed E-state index contributed by atoms with van der Waals surface area (Å²) in [4.78, 5) is 29.2. The minimum absolute atomic E-state index is 0.132.